The molecule has 0 aliphatic carbocycles. The van der Waals surface area contributed by atoms with Gasteiger partial charge in [0.05, 0.1) is 0 Å². The monoisotopic (exact) mass is 248 g/mol. The van der Waals surface area contributed by atoms with E-state index in [2.05, 4.69) is 64.0 Å². The molecule has 2 nitrogen and oxygen atoms in total. The SMILES string of the molecule is CN(C)C(CCCN)c1ccc(C(C)(C)C)cc1. The van der Waals surface area contributed by atoms with Crippen LogP contribution in [-0.4, -0.2) is 25.5 Å². The van der Waals surface area contributed by atoms with Crippen LogP contribution in [0.25, 0.3) is 0 Å². The lowest BCUT2D eigenvalue weighted by molar-refractivity contribution is 0.280. The average Bonchev–Trinajstić information content (AvgIpc) is 2.28. The first-order valence-corrected chi connectivity index (χ1v) is 6.83. The van der Waals surface area contributed by atoms with Crippen molar-refractivity contribution >= 4 is 0 Å². The van der Waals surface area contributed by atoms with Gasteiger partial charge >= 0.3 is 0 Å². The van der Waals surface area contributed by atoms with Crippen LogP contribution in [0.2, 0.25) is 0 Å². The fourth-order valence-corrected chi connectivity index (χ4v) is 2.24. The molecule has 1 rings (SSSR count). The molecule has 0 spiro atoms. The van der Waals surface area contributed by atoms with Crippen LogP contribution in [0, 0.1) is 0 Å². The van der Waals surface area contributed by atoms with E-state index in [0.717, 1.165) is 19.4 Å². The van der Waals surface area contributed by atoms with E-state index < -0.39 is 0 Å². The highest BCUT2D eigenvalue weighted by Crippen LogP contribution is 2.27. The maximum Gasteiger partial charge on any atom is 0.0342 e. The van der Waals surface area contributed by atoms with Crippen molar-refractivity contribution in [3.63, 3.8) is 0 Å². The Balaban J connectivity index is 2.87. The first kappa shape index (κ1) is 15.2. The fraction of sp³-hybridized carbons (Fsp3) is 0.625. The van der Waals surface area contributed by atoms with Crippen molar-refractivity contribution in [2.24, 2.45) is 5.73 Å². The second-order valence-electron chi connectivity index (χ2n) is 6.28. The molecule has 102 valence electrons. The minimum atomic E-state index is 0.226. The highest BCUT2D eigenvalue weighted by molar-refractivity contribution is 5.29. The lowest BCUT2D eigenvalue weighted by Gasteiger charge is -2.26. The summed E-state index contributed by atoms with van der Waals surface area (Å²) in [6.45, 7) is 7.52. The zero-order valence-corrected chi connectivity index (χ0v) is 12.5. The summed E-state index contributed by atoms with van der Waals surface area (Å²) in [4.78, 5) is 2.28. The third-order valence-corrected chi connectivity index (χ3v) is 3.47. The van der Waals surface area contributed by atoms with Gasteiger partial charge in [0.15, 0.2) is 0 Å². The Morgan fingerprint density at radius 2 is 1.67 bits per heavy atom. The minimum absolute atomic E-state index is 0.226. The summed E-state index contributed by atoms with van der Waals surface area (Å²) in [5, 5.41) is 0. The normalized spacial score (nSPS) is 13.9. The van der Waals surface area contributed by atoms with Gasteiger partial charge in [-0.15, -0.1) is 0 Å². The van der Waals surface area contributed by atoms with Crippen molar-refractivity contribution in [2.45, 2.75) is 45.1 Å². The van der Waals surface area contributed by atoms with E-state index in [0.29, 0.717) is 6.04 Å². The van der Waals surface area contributed by atoms with Crippen molar-refractivity contribution in [3.05, 3.63) is 35.4 Å². The lowest BCUT2D eigenvalue weighted by Crippen LogP contribution is -2.21. The summed E-state index contributed by atoms with van der Waals surface area (Å²) in [7, 11) is 4.28. The molecular formula is C16H28N2. The van der Waals surface area contributed by atoms with Crippen LogP contribution in [0.5, 0.6) is 0 Å². The highest BCUT2D eigenvalue weighted by atomic mass is 15.1. The highest BCUT2D eigenvalue weighted by Gasteiger charge is 2.16. The number of rotatable bonds is 5. The molecule has 0 aliphatic heterocycles. The summed E-state index contributed by atoms with van der Waals surface area (Å²) >= 11 is 0. The molecule has 0 aromatic heterocycles. The van der Waals surface area contributed by atoms with Crippen LogP contribution >= 0.6 is 0 Å². The van der Waals surface area contributed by atoms with Crippen molar-refractivity contribution in [1.29, 1.82) is 0 Å². The van der Waals surface area contributed by atoms with E-state index in [9.17, 15) is 0 Å². The third-order valence-electron chi connectivity index (χ3n) is 3.47. The van der Waals surface area contributed by atoms with Crippen molar-refractivity contribution in [1.82, 2.24) is 4.90 Å². The van der Waals surface area contributed by atoms with Gasteiger partial charge in [-0.1, -0.05) is 45.0 Å². The van der Waals surface area contributed by atoms with Gasteiger partial charge in [0.25, 0.3) is 0 Å². The van der Waals surface area contributed by atoms with Crippen molar-refractivity contribution < 1.29 is 0 Å². The van der Waals surface area contributed by atoms with Gasteiger partial charge in [0.1, 0.15) is 0 Å². The molecule has 0 heterocycles. The molecule has 18 heavy (non-hydrogen) atoms. The van der Waals surface area contributed by atoms with E-state index in [1.54, 1.807) is 0 Å². The molecule has 2 N–H and O–H groups in total. The third kappa shape index (κ3) is 4.11. The first-order chi connectivity index (χ1) is 8.36. The van der Waals surface area contributed by atoms with E-state index in [4.69, 9.17) is 5.73 Å². The van der Waals surface area contributed by atoms with Crippen LogP contribution in [0.3, 0.4) is 0 Å². The Labute approximate surface area is 112 Å². The van der Waals surface area contributed by atoms with E-state index in [-0.39, 0.29) is 5.41 Å². The van der Waals surface area contributed by atoms with E-state index >= 15 is 0 Å². The molecule has 1 aromatic carbocycles. The second-order valence-corrected chi connectivity index (χ2v) is 6.28. The number of nitrogens with two attached hydrogens (primary N) is 1. The van der Waals surface area contributed by atoms with Crippen molar-refractivity contribution in [3.8, 4) is 0 Å². The number of benzene rings is 1. The number of nitrogens with zero attached hydrogens (tertiary/aromatic N) is 1. The van der Waals surface area contributed by atoms with Gasteiger partial charge in [0.2, 0.25) is 0 Å². The Kier molecular flexibility index (Phi) is 5.36. The largest absolute Gasteiger partial charge is 0.330 e. The summed E-state index contributed by atoms with van der Waals surface area (Å²) < 4.78 is 0. The van der Waals surface area contributed by atoms with Crippen LogP contribution in [0.15, 0.2) is 24.3 Å². The molecule has 0 saturated heterocycles. The fourth-order valence-electron chi connectivity index (χ4n) is 2.24. The van der Waals surface area contributed by atoms with Gasteiger partial charge in [-0.05, 0) is 50.0 Å². The van der Waals surface area contributed by atoms with Crippen LogP contribution < -0.4 is 5.73 Å². The maximum atomic E-state index is 5.62. The molecule has 0 radical (unpaired) electrons. The molecule has 0 bridgehead atoms. The van der Waals surface area contributed by atoms with Crippen LogP contribution in [0.4, 0.5) is 0 Å². The summed E-state index contributed by atoms with van der Waals surface area (Å²) in [5.41, 5.74) is 8.62. The Bertz CT molecular complexity index is 346. The van der Waals surface area contributed by atoms with Gasteiger partial charge in [-0.2, -0.15) is 0 Å². The zero-order chi connectivity index (χ0) is 13.8. The quantitative estimate of drug-likeness (QED) is 0.866. The van der Waals surface area contributed by atoms with Gasteiger partial charge in [-0.25, -0.2) is 0 Å². The Morgan fingerprint density at radius 3 is 2.06 bits per heavy atom. The molecule has 1 aromatic rings. The van der Waals surface area contributed by atoms with Gasteiger partial charge < -0.3 is 10.6 Å². The maximum absolute atomic E-state index is 5.62. The van der Waals surface area contributed by atoms with E-state index in [1.165, 1.54) is 11.1 Å². The Hall–Kier alpha value is -0.860. The van der Waals surface area contributed by atoms with Crippen molar-refractivity contribution in [2.75, 3.05) is 20.6 Å². The molecule has 0 fully saturated rings. The Morgan fingerprint density at radius 1 is 1.11 bits per heavy atom. The summed E-state index contributed by atoms with van der Waals surface area (Å²) in [6.07, 6.45) is 2.20. The van der Waals surface area contributed by atoms with Gasteiger partial charge in [-0.3, -0.25) is 0 Å². The van der Waals surface area contributed by atoms with Crippen LogP contribution in [0.1, 0.15) is 50.8 Å². The molecule has 1 unspecified atom stereocenters. The minimum Gasteiger partial charge on any atom is -0.330 e. The lowest BCUT2D eigenvalue weighted by atomic mass is 9.86. The summed E-state index contributed by atoms with van der Waals surface area (Å²) in [6, 6.07) is 9.52. The van der Waals surface area contributed by atoms with Crippen LogP contribution in [-0.2, 0) is 5.41 Å². The molecule has 2 heteroatoms. The standard InChI is InChI=1S/C16H28N2/c1-16(2,3)14-10-8-13(9-11-14)15(18(4)5)7-6-12-17/h8-11,15H,6-7,12,17H2,1-5H3. The first-order valence-electron chi connectivity index (χ1n) is 6.83. The molecule has 1 atom stereocenters. The number of hydrogen-bond donors (Lipinski definition) is 1. The topological polar surface area (TPSA) is 29.3 Å². The van der Waals surface area contributed by atoms with Gasteiger partial charge in [0, 0.05) is 6.04 Å². The summed E-state index contributed by atoms with van der Waals surface area (Å²) in [5.74, 6) is 0. The second kappa shape index (κ2) is 6.35. The molecule has 0 amide bonds. The molecule has 0 aliphatic rings. The predicted molar refractivity (Wildman–Crippen MR) is 79.9 cm³/mol. The number of hydrogen-bond acceptors (Lipinski definition) is 2. The average molecular weight is 248 g/mol. The predicted octanol–water partition coefficient (Wildman–Crippen LogP) is 3.33. The molecular weight excluding hydrogens is 220 g/mol. The molecule has 0 saturated carbocycles. The zero-order valence-electron chi connectivity index (χ0n) is 12.5. The smallest absolute Gasteiger partial charge is 0.0342 e. The van der Waals surface area contributed by atoms with E-state index in [1.807, 2.05) is 0 Å².